The van der Waals surface area contributed by atoms with Crippen LogP contribution in [0.2, 0.25) is 0 Å². The lowest BCUT2D eigenvalue weighted by Gasteiger charge is -1.99. The van der Waals surface area contributed by atoms with Crippen LogP contribution in [-0.2, 0) is 0 Å². The summed E-state index contributed by atoms with van der Waals surface area (Å²) in [5.41, 5.74) is 12.5. The predicted molar refractivity (Wildman–Crippen MR) is 58.2 cm³/mol. The number of rotatable bonds is 2. The molecule has 0 aliphatic heterocycles. The molecule has 0 heterocycles. The van der Waals surface area contributed by atoms with E-state index in [-0.39, 0.29) is 0 Å². The summed E-state index contributed by atoms with van der Waals surface area (Å²) in [4.78, 5) is 0.758. The maximum Gasteiger partial charge on any atom is 0.103 e. The zero-order chi connectivity index (χ0) is 9.14. The molecule has 0 atom stereocenters. The predicted octanol–water partition coefficient (Wildman–Crippen LogP) is 0.955. The highest BCUT2D eigenvalue weighted by Crippen LogP contribution is 2.03. The Morgan fingerprint density at radius 1 is 0.833 bits per heavy atom. The van der Waals surface area contributed by atoms with E-state index in [0.29, 0.717) is 9.98 Å². The van der Waals surface area contributed by atoms with Crippen LogP contribution in [0.4, 0.5) is 0 Å². The smallest absolute Gasteiger partial charge is 0.103 e. The van der Waals surface area contributed by atoms with Crippen LogP contribution < -0.4 is 11.5 Å². The van der Waals surface area contributed by atoms with Crippen molar-refractivity contribution in [1.82, 2.24) is 0 Å². The quantitative estimate of drug-likeness (QED) is 0.692. The Labute approximate surface area is 81.6 Å². The molecule has 0 unspecified atom stereocenters. The van der Waals surface area contributed by atoms with E-state index in [2.05, 4.69) is 0 Å². The first-order valence-electron chi connectivity index (χ1n) is 3.31. The van der Waals surface area contributed by atoms with Crippen LogP contribution in [0.25, 0.3) is 0 Å². The van der Waals surface area contributed by atoms with Crippen LogP contribution >= 0.6 is 24.4 Å². The van der Waals surface area contributed by atoms with E-state index in [1.165, 1.54) is 0 Å². The van der Waals surface area contributed by atoms with Crippen LogP contribution in [0.1, 0.15) is 11.1 Å². The summed E-state index contributed by atoms with van der Waals surface area (Å²) in [5.74, 6) is 0. The topological polar surface area (TPSA) is 52.0 Å². The summed E-state index contributed by atoms with van der Waals surface area (Å²) in [6.07, 6.45) is 0. The van der Waals surface area contributed by atoms with E-state index >= 15 is 0 Å². The van der Waals surface area contributed by atoms with Gasteiger partial charge in [0.1, 0.15) is 9.98 Å². The highest BCUT2D eigenvalue weighted by atomic mass is 32.1. The van der Waals surface area contributed by atoms with Gasteiger partial charge in [-0.3, -0.25) is 0 Å². The Morgan fingerprint density at radius 2 is 1.08 bits per heavy atom. The van der Waals surface area contributed by atoms with Gasteiger partial charge in [-0.1, -0.05) is 48.7 Å². The van der Waals surface area contributed by atoms with Crippen molar-refractivity contribution in [2.75, 3.05) is 0 Å². The molecule has 0 aromatic heterocycles. The third-order valence-electron chi connectivity index (χ3n) is 1.45. The van der Waals surface area contributed by atoms with Gasteiger partial charge >= 0.3 is 0 Å². The van der Waals surface area contributed by atoms with Gasteiger partial charge in [-0.05, 0) is 0 Å². The molecule has 0 aliphatic rings. The van der Waals surface area contributed by atoms with E-state index in [0.717, 1.165) is 11.1 Å². The largest absolute Gasteiger partial charge is 0.389 e. The summed E-state index contributed by atoms with van der Waals surface area (Å²) in [6.45, 7) is 0. The summed E-state index contributed by atoms with van der Waals surface area (Å²) in [6, 6.07) is 7.21. The Balaban J connectivity index is 3.01. The van der Waals surface area contributed by atoms with E-state index < -0.39 is 0 Å². The first kappa shape index (κ1) is 9.09. The van der Waals surface area contributed by atoms with Crippen molar-refractivity contribution in [3.63, 3.8) is 0 Å². The van der Waals surface area contributed by atoms with Crippen molar-refractivity contribution in [2.24, 2.45) is 11.5 Å². The maximum absolute atomic E-state index is 5.41. The Morgan fingerprint density at radius 3 is 1.25 bits per heavy atom. The highest BCUT2D eigenvalue weighted by molar-refractivity contribution is 7.81. The fourth-order valence-corrected chi connectivity index (χ4v) is 1.07. The molecule has 0 bridgehead atoms. The third-order valence-corrected chi connectivity index (χ3v) is 1.93. The second kappa shape index (κ2) is 3.60. The van der Waals surface area contributed by atoms with Crippen molar-refractivity contribution >= 4 is 34.4 Å². The van der Waals surface area contributed by atoms with Crippen LogP contribution in [0.15, 0.2) is 24.3 Å². The van der Waals surface area contributed by atoms with E-state index in [1.54, 1.807) is 24.3 Å². The minimum Gasteiger partial charge on any atom is -0.389 e. The van der Waals surface area contributed by atoms with Crippen molar-refractivity contribution in [2.45, 2.75) is 0 Å². The van der Waals surface area contributed by atoms with Crippen molar-refractivity contribution in [1.29, 1.82) is 0 Å². The average molecular weight is 196 g/mol. The molecule has 62 valence electrons. The Kier molecular flexibility index (Phi) is 2.73. The normalized spacial score (nSPS) is 9.33. The SMILES string of the molecule is NC(=S)c1ccc(C(N)=S)cc1. The van der Waals surface area contributed by atoms with Gasteiger partial charge in [0.25, 0.3) is 0 Å². The molecule has 0 amide bonds. The Hall–Kier alpha value is -1.00. The van der Waals surface area contributed by atoms with Crippen LogP contribution in [0.3, 0.4) is 0 Å². The minimum atomic E-state index is 0.379. The molecule has 0 fully saturated rings. The second-order valence-corrected chi connectivity index (χ2v) is 3.19. The van der Waals surface area contributed by atoms with Gasteiger partial charge in [-0.15, -0.1) is 0 Å². The fourth-order valence-electron chi connectivity index (χ4n) is 0.799. The van der Waals surface area contributed by atoms with Crippen molar-refractivity contribution in [3.05, 3.63) is 35.4 Å². The number of thiocarbonyl (C=S) groups is 2. The summed E-state index contributed by atoms with van der Waals surface area (Å²) in [5, 5.41) is 0. The monoisotopic (exact) mass is 196 g/mol. The van der Waals surface area contributed by atoms with Gasteiger partial charge < -0.3 is 11.5 Å². The standard InChI is InChI=1S/C8H8N2S2/c9-7(11)5-1-2-6(4-3-5)8(10)12/h1-4H,(H2,9,11)(H2,10,12). The van der Waals surface area contributed by atoms with Gasteiger partial charge in [0, 0.05) is 11.1 Å². The van der Waals surface area contributed by atoms with Crippen molar-refractivity contribution in [3.8, 4) is 0 Å². The number of hydrogen-bond donors (Lipinski definition) is 2. The second-order valence-electron chi connectivity index (χ2n) is 2.31. The van der Waals surface area contributed by atoms with E-state index in [1.807, 2.05) is 0 Å². The molecular weight excluding hydrogens is 188 g/mol. The van der Waals surface area contributed by atoms with Crippen LogP contribution in [0.5, 0.6) is 0 Å². The van der Waals surface area contributed by atoms with Gasteiger partial charge in [0.2, 0.25) is 0 Å². The molecule has 1 rings (SSSR count). The molecule has 0 aliphatic carbocycles. The zero-order valence-corrected chi connectivity index (χ0v) is 7.91. The molecule has 12 heavy (non-hydrogen) atoms. The van der Waals surface area contributed by atoms with Gasteiger partial charge in [-0.25, -0.2) is 0 Å². The molecule has 4 N–H and O–H groups in total. The number of nitrogens with two attached hydrogens (primary N) is 2. The third kappa shape index (κ3) is 1.99. The Bertz CT molecular complexity index is 283. The zero-order valence-electron chi connectivity index (χ0n) is 6.28. The van der Waals surface area contributed by atoms with Crippen LogP contribution in [0, 0.1) is 0 Å². The molecule has 4 heteroatoms. The average Bonchev–Trinajstić information content (AvgIpc) is 2.04. The van der Waals surface area contributed by atoms with Gasteiger partial charge in [0.05, 0.1) is 0 Å². The molecule has 0 radical (unpaired) electrons. The first-order chi connectivity index (χ1) is 5.61. The van der Waals surface area contributed by atoms with Gasteiger partial charge in [-0.2, -0.15) is 0 Å². The first-order valence-corrected chi connectivity index (χ1v) is 4.12. The molecule has 0 saturated heterocycles. The van der Waals surface area contributed by atoms with E-state index in [4.69, 9.17) is 35.9 Å². The molecule has 2 nitrogen and oxygen atoms in total. The molecule has 1 aromatic rings. The van der Waals surface area contributed by atoms with Gasteiger partial charge in [0.15, 0.2) is 0 Å². The molecular formula is C8H8N2S2. The number of benzene rings is 1. The lowest BCUT2D eigenvalue weighted by atomic mass is 10.1. The van der Waals surface area contributed by atoms with Crippen LogP contribution in [-0.4, -0.2) is 9.98 Å². The molecule has 1 aromatic carbocycles. The summed E-state index contributed by atoms with van der Waals surface area (Å²) in [7, 11) is 0. The summed E-state index contributed by atoms with van der Waals surface area (Å²) >= 11 is 9.57. The molecule has 0 spiro atoms. The minimum absolute atomic E-state index is 0.379. The van der Waals surface area contributed by atoms with E-state index in [9.17, 15) is 0 Å². The lowest BCUT2D eigenvalue weighted by Crippen LogP contribution is -2.12. The van der Waals surface area contributed by atoms with Crippen molar-refractivity contribution < 1.29 is 0 Å². The maximum atomic E-state index is 5.41. The number of hydrogen-bond acceptors (Lipinski definition) is 2. The highest BCUT2D eigenvalue weighted by Gasteiger charge is 1.97. The fraction of sp³-hybridized carbons (Fsp3) is 0. The summed E-state index contributed by atoms with van der Waals surface area (Å²) < 4.78 is 0. The molecule has 0 saturated carbocycles. The lowest BCUT2D eigenvalue weighted by molar-refractivity contribution is 1.58.